The molecular weight excluding hydrogens is 548 g/mol. The number of ketones is 2. The summed E-state index contributed by atoms with van der Waals surface area (Å²) in [5.74, 6) is 0.163. The van der Waals surface area contributed by atoms with Crippen LogP contribution in [0.3, 0.4) is 0 Å². The summed E-state index contributed by atoms with van der Waals surface area (Å²) < 4.78 is 19.3. The van der Waals surface area contributed by atoms with Crippen molar-refractivity contribution in [2.45, 2.75) is 95.7 Å². The zero-order valence-corrected chi connectivity index (χ0v) is 26.5. The number of amides is 1. The SMILES string of the molecule is CN(C)CCN(C)C(=O)OCC(=O)[C@@]12O[C@H](C3CCCCC3)O[C@@H]1C[C@H]1[C@@H]3CCC4=CC(=O)C=C[C@]4(C)[C@H]3[C@@H](O)C[C@@]12C. The van der Waals surface area contributed by atoms with Crippen molar-refractivity contribution in [3.63, 3.8) is 0 Å². The Balaban J connectivity index is 1.29. The maximum Gasteiger partial charge on any atom is 0.409 e. The van der Waals surface area contributed by atoms with Gasteiger partial charge in [-0.25, -0.2) is 4.79 Å². The fraction of sp³-hybridized carbons (Fsp3) is 0.794. The topological polar surface area (TPSA) is 106 Å². The normalized spacial score (nSPS) is 42.1. The quantitative estimate of drug-likeness (QED) is 0.467. The summed E-state index contributed by atoms with van der Waals surface area (Å²) in [6.45, 7) is 5.05. The molecule has 9 nitrogen and oxygen atoms in total. The van der Waals surface area contributed by atoms with Gasteiger partial charge in [0.1, 0.15) is 0 Å². The Morgan fingerprint density at radius 2 is 1.84 bits per heavy atom. The largest absolute Gasteiger partial charge is 0.441 e. The highest BCUT2D eigenvalue weighted by molar-refractivity contribution is 6.01. The molecule has 4 saturated carbocycles. The lowest BCUT2D eigenvalue weighted by molar-refractivity contribution is -0.209. The number of carbonyl (C=O) groups is 3. The average molecular weight is 599 g/mol. The highest BCUT2D eigenvalue weighted by Gasteiger charge is 2.76. The Labute approximate surface area is 256 Å². The fourth-order valence-corrected chi connectivity index (χ4v) is 10.00. The minimum Gasteiger partial charge on any atom is -0.441 e. The van der Waals surface area contributed by atoms with Gasteiger partial charge in [-0.2, -0.15) is 0 Å². The van der Waals surface area contributed by atoms with E-state index in [1.807, 2.05) is 25.1 Å². The van der Waals surface area contributed by atoms with Gasteiger partial charge in [-0.3, -0.25) is 9.59 Å². The molecule has 238 valence electrons. The number of hydrogen-bond acceptors (Lipinski definition) is 8. The van der Waals surface area contributed by atoms with Crippen LogP contribution in [0, 0.1) is 34.5 Å². The van der Waals surface area contributed by atoms with Crippen molar-refractivity contribution in [1.29, 1.82) is 0 Å². The van der Waals surface area contributed by atoms with Crippen LogP contribution < -0.4 is 0 Å². The Kier molecular flexibility index (Phi) is 8.19. The van der Waals surface area contributed by atoms with Gasteiger partial charge in [-0.15, -0.1) is 0 Å². The lowest BCUT2D eigenvalue weighted by atomic mass is 9.46. The van der Waals surface area contributed by atoms with E-state index in [9.17, 15) is 19.5 Å². The maximum atomic E-state index is 14.5. The number of ether oxygens (including phenoxy) is 3. The second-order valence-corrected chi connectivity index (χ2v) is 14.9. The van der Waals surface area contributed by atoms with E-state index >= 15 is 0 Å². The third-order valence-electron chi connectivity index (χ3n) is 12.2. The Morgan fingerprint density at radius 3 is 2.56 bits per heavy atom. The van der Waals surface area contributed by atoms with Crippen molar-refractivity contribution < 1.29 is 33.7 Å². The van der Waals surface area contributed by atoms with Gasteiger partial charge in [0.2, 0.25) is 5.78 Å². The first-order valence-corrected chi connectivity index (χ1v) is 16.4. The van der Waals surface area contributed by atoms with E-state index in [0.29, 0.717) is 25.9 Å². The molecule has 43 heavy (non-hydrogen) atoms. The van der Waals surface area contributed by atoms with Crippen molar-refractivity contribution in [3.05, 3.63) is 23.8 Å². The van der Waals surface area contributed by atoms with Gasteiger partial charge in [0.05, 0.1) is 12.2 Å². The molecule has 0 unspecified atom stereocenters. The smallest absolute Gasteiger partial charge is 0.409 e. The zero-order valence-electron chi connectivity index (χ0n) is 26.5. The highest BCUT2D eigenvalue weighted by Crippen LogP contribution is 2.70. The molecule has 6 aliphatic rings. The first kappa shape index (κ1) is 30.9. The Hall–Kier alpha value is -2.07. The number of allylic oxidation sites excluding steroid dienone is 4. The first-order valence-electron chi connectivity index (χ1n) is 16.4. The average Bonchev–Trinajstić information content (AvgIpc) is 3.48. The van der Waals surface area contributed by atoms with E-state index in [1.165, 1.54) is 11.3 Å². The van der Waals surface area contributed by atoms with Crippen molar-refractivity contribution >= 4 is 17.7 Å². The maximum absolute atomic E-state index is 14.5. The molecule has 1 amide bonds. The van der Waals surface area contributed by atoms with Crippen LogP contribution in [0.2, 0.25) is 0 Å². The van der Waals surface area contributed by atoms with Crippen LogP contribution in [-0.4, -0.2) is 97.5 Å². The van der Waals surface area contributed by atoms with Gasteiger partial charge in [-0.1, -0.05) is 44.8 Å². The second-order valence-electron chi connectivity index (χ2n) is 14.9. The molecule has 0 bridgehead atoms. The minimum atomic E-state index is -1.29. The summed E-state index contributed by atoms with van der Waals surface area (Å²) in [6.07, 6.45) is 11.5. The molecule has 5 aliphatic carbocycles. The molecule has 1 aliphatic heterocycles. The van der Waals surface area contributed by atoms with Gasteiger partial charge in [-0.05, 0) is 76.6 Å². The number of likely N-dealkylation sites (N-methyl/N-ethyl adjacent to an activating group) is 2. The predicted octanol–water partition coefficient (Wildman–Crippen LogP) is 4.13. The van der Waals surface area contributed by atoms with Gasteiger partial charge < -0.3 is 29.1 Å². The molecule has 6 rings (SSSR count). The molecule has 9 atom stereocenters. The van der Waals surface area contributed by atoms with E-state index in [4.69, 9.17) is 14.2 Å². The summed E-state index contributed by atoms with van der Waals surface area (Å²) in [7, 11) is 5.56. The molecule has 0 aromatic rings. The standard InChI is InChI=1S/C34H50N2O7/c1-32-14-13-23(37)17-22(32)11-12-24-25-18-28-34(33(25,2)19-26(38)29(24)32,43-30(42-28)21-9-7-6-8-10-21)27(39)20-41-31(40)36(5)16-15-35(3)4/h13-14,17,21,24-26,28-30,38H,6-12,15-16,18-20H2,1-5H3/t24-,25-,26-,28+,29+,30+,32-,33-,34+/m0/s1. The minimum absolute atomic E-state index is 0.0125. The number of Topliss-reactive ketones (excluding diaryl/α,β-unsaturated/α-hetero) is 1. The molecule has 0 radical (unpaired) electrons. The van der Waals surface area contributed by atoms with Crippen molar-refractivity contribution in [2.24, 2.45) is 34.5 Å². The summed E-state index contributed by atoms with van der Waals surface area (Å²) in [5.41, 5.74) is -1.27. The van der Waals surface area contributed by atoms with E-state index < -0.39 is 41.0 Å². The summed E-state index contributed by atoms with van der Waals surface area (Å²) in [6, 6.07) is 0. The molecule has 1 saturated heterocycles. The number of aliphatic hydroxyl groups is 1. The summed E-state index contributed by atoms with van der Waals surface area (Å²) in [4.78, 5) is 43.0. The fourth-order valence-electron chi connectivity index (χ4n) is 10.00. The van der Waals surface area contributed by atoms with E-state index in [1.54, 1.807) is 19.2 Å². The van der Waals surface area contributed by atoms with Crippen LogP contribution in [0.1, 0.15) is 71.6 Å². The van der Waals surface area contributed by atoms with Gasteiger partial charge in [0, 0.05) is 42.8 Å². The second kappa shape index (κ2) is 11.4. The third kappa shape index (κ3) is 4.93. The van der Waals surface area contributed by atoms with Crippen LogP contribution in [-0.2, 0) is 23.8 Å². The van der Waals surface area contributed by atoms with Gasteiger partial charge in [0.25, 0.3) is 0 Å². The van der Waals surface area contributed by atoms with Crippen LogP contribution in [0.25, 0.3) is 0 Å². The van der Waals surface area contributed by atoms with Crippen molar-refractivity contribution in [2.75, 3.05) is 40.8 Å². The molecular formula is C34H50N2O7. The predicted molar refractivity (Wildman–Crippen MR) is 160 cm³/mol. The number of carbonyl (C=O) groups excluding carboxylic acids is 3. The lowest BCUT2D eigenvalue weighted by Crippen LogP contribution is -2.64. The van der Waals surface area contributed by atoms with Crippen molar-refractivity contribution in [3.8, 4) is 0 Å². The highest BCUT2D eigenvalue weighted by atomic mass is 16.7. The zero-order chi connectivity index (χ0) is 30.7. The van der Waals surface area contributed by atoms with E-state index in [-0.39, 0.29) is 41.8 Å². The van der Waals surface area contributed by atoms with Crippen LogP contribution >= 0.6 is 0 Å². The van der Waals surface area contributed by atoms with Gasteiger partial charge in [0.15, 0.2) is 24.3 Å². The molecule has 0 aromatic carbocycles. The van der Waals surface area contributed by atoms with Crippen LogP contribution in [0.5, 0.6) is 0 Å². The molecule has 0 spiro atoms. The number of hydrogen-bond donors (Lipinski definition) is 1. The van der Waals surface area contributed by atoms with Crippen LogP contribution in [0.4, 0.5) is 4.79 Å². The van der Waals surface area contributed by atoms with Crippen LogP contribution in [0.15, 0.2) is 23.8 Å². The van der Waals surface area contributed by atoms with Gasteiger partial charge >= 0.3 is 6.09 Å². The molecule has 1 N–H and O–H groups in total. The number of fused-ring (bicyclic) bond motifs is 7. The lowest BCUT2D eigenvalue weighted by Gasteiger charge is -2.59. The molecule has 9 heteroatoms. The van der Waals surface area contributed by atoms with E-state index in [2.05, 4.69) is 13.8 Å². The molecule has 0 aromatic heterocycles. The Bertz CT molecular complexity index is 1190. The van der Waals surface area contributed by atoms with E-state index in [0.717, 1.165) is 44.1 Å². The monoisotopic (exact) mass is 598 g/mol. The molecule has 1 heterocycles. The summed E-state index contributed by atoms with van der Waals surface area (Å²) in [5, 5.41) is 12.0. The summed E-state index contributed by atoms with van der Waals surface area (Å²) >= 11 is 0. The number of rotatable bonds is 7. The van der Waals surface area contributed by atoms with Crippen molar-refractivity contribution in [1.82, 2.24) is 9.80 Å². The third-order valence-corrected chi connectivity index (χ3v) is 12.2. The number of nitrogens with zero attached hydrogens (tertiary/aromatic N) is 2. The Morgan fingerprint density at radius 1 is 1.09 bits per heavy atom. The number of aliphatic hydroxyl groups excluding tert-OH is 1. The first-order chi connectivity index (χ1) is 20.4. The molecule has 5 fully saturated rings.